The number of hydrogen-bond donors (Lipinski definition) is 0. The lowest BCUT2D eigenvalue weighted by molar-refractivity contribution is 0.668. The molecule has 0 N–H and O–H groups in total. The van der Waals surface area contributed by atoms with Gasteiger partial charge >= 0.3 is 0 Å². The average molecular weight is 793 g/mol. The SMILES string of the molecule is c1ccc(-n2c3cc(-c4ccc(N(c5ccc(-c6ccc7oc8ccccc8c7c6)cc5)c5cccc6oc7ccccc7c56)cc4)ccc3c3ccc4ccccc4c32)cc1. The fraction of sp³-hybridized carbons (Fsp3) is 0. The van der Waals surface area contributed by atoms with Gasteiger partial charge in [-0.05, 0) is 107 Å². The van der Waals surface area contributed by atoms with E-state index in [4.69, 9.17) is 8.83 Å². The van der Waals surface area contributed by atoms with Gasteiger partial charge in [-0.2, -0.15) is 0 Å². The van der Waals surface area contributed by atoms with Gasteiger partial charge in [-0.25, -0.2) is 0 Å². The largest absolute Gasteiger partial charge is 0.456 e. The first-order chi connectivity index (χ1) is 30.7. The van der Waals surface area contributed by atoms with Crippen molar-refractivity contribution in [3.63, 3.8) is 0 Å². The molecule has 4 nitrogen and oxygen atoms in total. The molecule has 62 heavy (non-hydrogen) atoms. The second kappa shape index (κ2) is 13.6. The maximum atomic E-state index is 6.41. The topological polar surface area (TPSA) is 34.5 Å². The van der Waals surface area contributed by atoms with E-state index in [0.29, 0.717) is 0 Å². The normalized spacial score (nSPS) is 11.9. The Morgan fingerprint density at radius 1 is 0.339 bits per heavy atom. The van der Waals surface area contributed by atoms with Crippen LogP contribution in [0.3, 0.4) is 0 Å². The molecule has 3 aromatic heterocycles. The third-order valence-corrected chi connectivity index (χ3v) is 12.6. The van der Waals surface area contributed by atoms with Crippen molar-refractivity contribution in [1.29, 1.82) is 0 Å². The number of furan rings is 2. The first-order valence-corrected chi connectivity index (χ1v) is 21.1. The van der Waals surface area contributed by atoms with Gasteiger partial charge in [-0.3, -0.25) is 0 Å². The molecule has 0 aliphatic rings. The van der Waals surface area contributed by atoms with E-state index >= 15 is 0 Å². The third-order valence-electron chi connectivity index (χ3n) is 12.6. The van der Waals surface area contributed by atoms with Gasteiger partial charge in [-0.1, -0.05) is 140 Å². The molecule has 0 saturated heterocycles. The minimum absolute atomic E-state index is 0.859. The summed E-state index contributed by atoms with van der Waals surface area (Å²) in [6, 6.07) is 78.1. The molecule has 0 amide bonds. The zero-order valence-corrected chi connectivity index (χ0v) is 33.5. The van der Waals surface area contributed by atoms with Gasteiger partial charge in [0.25, 0.3) is 0 Å². The Labute approximate surface area is 356 Å². The highest BCUT2D eigenvalue weighted by molar-refractivity contribution is 6.19. The fourth-order valence-electron chi connectivity index (χ4n) is 9.68. The van der Waals surface area contributed by atoms with E-state index in [1.807, 2.05) is 24.3 Å². The van der Waals surface area contributed by atoms with E-state index < -0.39 is 0 Å². The van der Waals surface area contributed by atoms with Crippen LogP contribution in [0.25, 0.3) is 104 Å². The standard InChI is InChI=1S/C58H36N2O2/c1-2-12-42(13-3-1)60-52-36-41(26-32-46(52)48-33-25-39-11-4-5-14-45(39)58(48)60)38-23-30-44(31-24-38)59(51-17-10-20-56-57(51)49-16-7-9-19-54(49)62-56)43-28-21-37(22-29-43)40-27-34-55-50(35-40)47-15-6-8-18-53(47)61-55/h1-36H. The highest BCUT2D eigenvalue weighted by atomic mass is 16.3. The Morgan fingerprint density at radius 3 is 1.68 bits per heavy atom. The van der Waals surface area contributed by atoms with Crippen molar-refractivity contribution in [1.82, 2.24) is 4.57 Å². The summed E-state index contributed by atoms with van der Waals surface area (Å²) < 4.78 is 15.0. The molecule has 13 aromatic rings. The number of fused-ring (bicyclic) bond motifs is 11. The van der Waals surface area contributed by atoms with Gasteiger partial charge in [0.1, 0.15) is 22.3 Å². The molecular weight excluding hydrogens is 757 g/mol. The van der Waals surface area contributed by atoms with Gasteiger partial charge in [0, 0.05) is 49.4 Å². The van der Waals surface area contributed by atoms with Gasteiger partial charge in [-0.15, -0.1) is 0 Å². The number of nitrogens with zero attached hydrogens (tertiary/aromatic N) is 2. The molecule has 290 valence electrons. The van der Waals surface area contributed by atoms with Crippen LogP contribution in [0.4, 0.5) is 17.1 Å². The van der Waals surface area contributed by atoms with E-state index in [1.165, 1.54) is 32.6 Å². The van der Waals surface area contributed by atoms with Crippen LogP contribution in [0, 0.1) is 0 Å². The molecule has 0 unspecified atom stereocenters. The summed E-state index contributed by atoms with van der Waals surface area (Å²) in [6.07, 6.45) is 0. The highest BCUT2D eigenvalue weighted by Gasteiger charge is 2.21. The molecule has 10 aromatic carbocycles. The van der Waals surface area contributed by atoms with Crippen molar-refractivity contribution in [2.75, 3.05) is 4.90 Å². The Kier molecular flexibility index (Phi) is 7.57. The lowest BCUT2D eigenvalue weighted by atomic mass is 10.0. The molecule has 0 saturated carbocycles. The molecular formula is C58H36N2O2. The molecule has 13 rings (SSSR count). The van der Waals surface area contributed by atoms with Crippen molar-refractivity contribution < 1.29 is 8.83 Å². The smallest absolute Gasteiger partial charge is 0.137 e. The third kappa shape index (κ3) is 5.33. The number of hydrogen-bond acceptors (Lipinski definition) is 3. The number of aromatic nitrogens is 1. The van der Waals surface area contributed by atoms with Crippen LogP contribution in [0.5, 0.6) is 0 Å². The second-order valence-corrected chi connectivity index (χ2v) is 16.1. The maximum Gasteiger partial charge on any atom is 0.137 e. The monoisotopic (exact) mass is 792 g/mol. The number of benzene rings is 10. The quantitative estimate of drug-likeness (QED) is 0.168. The Bertz CT molecular complexity index is 3850. The van der Waals surface area contributed by atoms with Crippen LogP contribution in [0.2, 0.25) is 0 Å². The highest BCUT2D eigenvalue weighted by Crippen LogP contribution is 2.45. The zero-order valence-electron chi connectivity index (χ0n) is 33.5. The van der Waals surface area contributed by atoms with Crippen LogP contribution < -0.4 is 4.90 Å². The lowest BCUT2D eigenvalue weighted by Gasteiger charge is -2.26. The Morgan fingerprint density at radius 2 is 0.903 bits per heavy atom. The predicted molar refractivity (Wildman–Crippen MR) is 258 cm³/mol. The van der Waals surface area contributed by atoms with Crippen LogP contribution in [0.15, 0.2) is 227 Å². The van der Waals surface area contributed by atoms with Crippen molar-refractivity contribution in [3.05, 3.63) is 218 Å². The molecule has 0 fully saturated rings. The molecule has 0 aliphatic carbocycles. The summed E-state index contributed by atoms with van der Waals surface area (Å²) in [5.41, 5.74) is 14.9. The summed E-state index contributed by atoms with van der Waals surface area (Å²) >= 11 is 0. The number of rotatable bonds is 6. The lowest BCUT2D eigenvalue weighted by Crippen LogP contribution is -2.10. The molecule has 0 aliphatic heterocycles. The minimum atomic E-state index is 0.859. The van der Waals surface area contributed by atoms with Crippen LogP contribution >= 0.6 is 0 Å². The summed E-state index contributed by atoms with van der Waals surface area (Å²) in [7, 11) is 0. The molecule has 0 radical (unpaired) electrons. The Hall–Kier alpha value is -8.34. The van der Waals surface area contributed by atoms with Crippen molar-refractivity contribution in [2.24, 2.45) is 0 Å². The first-order valence-electron chi connectivity index (χ1n) is 21.1. The van der Waals surface area contributed by atoms with Crippen molar-refractivity contribution in [3.8, 4) is 27.9 Å². The van der Waals surface area contributed by atoms with Gasteiger partial charge in [0.05, 0.1) is 22.1 Å². The minimum Gasteiger partial charge on any atom is -0.456 e. The average Bonchev–Trinajstić information content (AvgIpc) is 4.02. The van der Waals surface area contributed by atoms with Gasteiger partial charge in [0.15, 0.2) is 0 Å². The summed E-state index contributed by atoms with van der Waals surface area (Å²) in [5.74, 6) is 0. The molecule has 4 heteroatoms. The second-order valence-electron chi connectivity index (χ2n) is 16.1. The summed E-state index contributed by atoms with van der Waals surface area (Å²) in [6.45, 7) is 0. The zero-order chi connectivity index (χ0) is 40.7. The van der Waals surface area contributed by atoms with E-state index in [1.54, 1.807) is 0 Å². The predicted octanol–water partition coefficient (Wildman–Crippen LogP) is 16.5. The van der Waals surface area contributed by atoms with E-state index in [9.17, 15) is 0 Å². The van der Waals surface area contributed by atoms with Crippen molar-refractivity contribution in [2.45, 2.75) is 0 Å². The molecule has 0 atom stereocenters. The van der Waals surface area contributed by atoms with Crippen LogP contribution in [-0.2, 0) is 0 Å². The van der Waals surface area contributed by atoms with Crippen LogP contribution in [0.1, 0.15) is 0 Å². The summed E-state index contributed by atoms with van der Waals surface area (Å²) in [4.78, 5) is 2.35. The van der Waals surface area contributed by atoms with Crippen LogP contribution in [-0.4, -0.2) is 4.57 Å². The van der Waals surface area contributed by atoms with E-state index in [0.717, 1.165) is 88.9 Å². The Balaban J connectivity index is 0.944. The molecule has 0 bridgehead atoms. The van der Waals surface area contributed by atoms with E-state index in [-0.39, 0.29) is 0 Å². The fourth-order valence-corrected chi connectivity index (χ4v) is 9.68. The van der Waals surface area contributed by atoms with Gasteiger partial charge < -0.3 is 18.3 Å². The summed E-state index contributed by atoms with van der Waals surface area (Å²) in [5, 5.41) is 9.40. The first kappa shape index (κ1) is 34.5. The molecule has 3 heterocycles. The van der Waals surface area contributed by atoms with E-state index in [2.05, 4.69) is 204 Å². The molecule has 0 spiro atoms. The van der Waals surface area contributed by atoms with Gasteiger partial charge in [0.2, 0.25) is 0 Å². The number of anilines is 3. The van der Waals surface area contributed by atoms with Crippen molar-refractivity contribution >= 4 is 93.5 Å². The number of para-hydroxylation sites is 3. The maximum absolute atomic E-state index is 6.41.